The molecule has 2 heterocycles. The molecular weight excluding hydrogens is 250 g/mol. The molecule has 3 aromatic rings. The van der Waals surface area contributed by atoms with E-state index in [2.05, 4.69) is 10.2 Å². The summed E-state index contributed by atoms with van der Waals surface area (Å²) in [5.74, 6) is 1.08. The second kappa shape index (κ2) is 4.31. The molecule has 0 aliphatic carbocycles. The molecule has 5 heteroatoms. The van der Waals surface area contributed by atoms with Crippen LogP contribution in [0.3, 0.4) is 0 Å². The zero-order chi connectivity index (χ0) is 12.5. The maximum absolute atomic E-state index is 9.24. The highest BCUT2D eigenvalue weighted by molar-refractivity contribution is 6.33. The molecule has 0 unspecified atom stereocenters. The topological polar surface area (TPSA) is 50.4 Å². The lowest BCUT2D eigenvalue weighted by Gasteiger charge is -2.01. The fraction of sp³-hybridized carbons (Fsp3) is 0.0769. The molecule has 0 saturated carbocycles. The van der Waals surface area contributed by atoms with E-state index in [1.807, 2.05) is 28.8 Å². The summed E-state index contributed by atoms with van der Waals surface area (Å²) >= 11 is 6.04. The molecule has 0 saturated heterocycles. The number of aromatic nitrogens is 3. The van der Waals surface area contributed by atoms with Gasteiger partial charge in [-0.1, -0.05) is 23.7 Å². The van der Waals surface area contributed by atoms with Crippen molar-refractivity contribution in [1.29, 1.82) is 0 Å². The number of halogens is 1. The van der Waals surface area contributed by atoms with Crippen molar-refractivity contribution < 1.29 is 5.11 Å². The van der Waals surface area contributed by atoms with Gasteiger partial charge in [-0.05, 0) is 29.8 Å². The Kier molecular flexibility index (Phi) is 2.64. The lowest BCUT2D eigenvalue weighted by Crippen LogP contribution is -1.96. The van der Waals surface area contributed by atoms with Crippen LogP contribution >= 0.6 is 11.6 Å². The second-order valence-electron chi connectivity index (χ2n) is 4.01. The third-order valence-electron chi connectivity index (χ3n) is 2.76. The quantitative estimate of drug-likeness (QED) is 0.770. The van der Waals surface area contributed by atoms with Crippen molar-refractivity contribution in [2.75, 3.05) is 0 Å². The van der Waals surface area contributed by atoms with Gasteiger partial charge in [0.2, 0.25) is 0 Å². The van der Waals surface area contributed by atoms with Crippen LogP contribution < -0.4 is 0 Å². The highest BCUT2D eigenvalue weighted by Gasteiger charge is 2.08. The average Bonchev–Trinajstić information content (AvgIpc) is 2.77. The number of rotatable bonds is 2. The first-order valence-electron chi connectivity index (χ1n) is 5.50. The number of nitrogens with zero attached hydrogens (tertiary/aromatic N) is 3. The Morgan fingerprint density at radius 2 is 1.89 bits per heavy atom. The summed E-state index contributed by atoms with van der Waals surface area (Å²) in [4.78, 5) is 0. The van der Waals surface area contributed by atoms with Crippen molar-refractivity contribution in [2.45, 2.75) is 6.42 Å². The van der Waals surface area contributed by atoms with E-state index in [0.29, 0.717) is 17.1 Å². The van der Waals surface area contributed by atoms with E-state index in [1.54, 1.807) is 18.2 Å². The maximum atomic E-state index is 9.24. The van der Waals surface area contributed by atoms with Crippen LogP contribution in [0.15, 0.2) is 42.6 Å². The summed E-state index contributed by atoms with van der Waals surface area (Å²) in [6, 6.07) is 10.7. The molecule has 0 fully saturated rings. The Morgan fingerprint density at radius 1 is 1.11 bits per heavy atom. The van der Waals surface area contributed by atoms with Crippen molar-refractivity contribution >= 4 is 17.2 Å². The molecule has 90 valence electrons. The first-order chi connectivity index (χ1) is 8.74. The number of aromatic hydroxyl groups is 1. The summed E-state index contributed by atoms with van der Waals surface area (Å²) in [5, 5.41) is 18.0. The number of phenolic OH excluding ortho intramolecular Hbond substituents is 1. The zero-order valence-corrected chi connectivity index (χ0v) is 10.2. The van der Waals surface area contributed by atoms with Crippen LogP contribution in [-0.4, -0.2) is 19.7 Å². The zero-order valence-electron chi connectivity index (χ0n) is 9.42. The van der Waals surface area contributed by atoms with E-state index in [-0.39, 0.29) is 5.75 Å². The molecule has 0 amide bonds. The molecule has 0 bridgehead atoms. The van der Waals surface area contributed by atoms with Gasteiger partial charge in [-0.2, -0.15) is 0 Å². The van der Waals surface area contributed by atoms with Crippen molar-refractivity contribution in [3.63, 3.8) is 0 Å². The summed E-state index contributed by atoms with van der Waals surface area (Å²) in [7, 11) is 0. The molecule has 2 aromatic heterocycles. The first-order valence-corrected chi connectivity index (χ1v) is 5.88. The normalized spacial score (nSPS) is 10.9. The van der Waals surface area contributed by atoms with Crippen molar-refractivity contribution in [1.82, 2.24) is 14.6 Å². The summed E-state index contributed by atoms with van der Waals surface area (Å²) in [6.07, 6.45) is 2.53. The van der Waals surface area contributed by atoms with Crippen LogP contribution in [0.4, 0.5) is 0 Å². The molecule has 0 aliphatic heterocycles. The molecule has 1 aromatic carbocycles. The van der Waals surface area contributed by atoms with Gasteiger partial charge in [0.15, 0.2) is 5.65 Å². The van der Waals surface area contributed by atoms with Gasteiger partial charge in [0.25, 0.3) is 0 Å². The Balaban J connectivity index is 2.00. The highest BCUT2D eigenvalue weighted by atomic mass is 35.5. The van der Waals surface area contributed by atoms with Crippen LogP contribution in [0.25, 0.3) is 5.65 Å². The number of fused-ring (bicyclic) bond motifs is 1. The lowest BCUT2D eigenvalue weighted by molar-refractivity contribution is 0.475. The number of benzene rings is 1. The molecule has 0 atom stereocenters. The van der Waals surface area contributed by atoms with E-state index >= 15 is 0 Å². The summed E-state index contributed by atoms with van der Waals surface area (Å²) in [5.41, 5.74) is 1.72. The van der Waals surface area contributed by atoms with E-state index in [0.717, 1.165) is 11.4 Å². The van der Waals surface area contributed by atoms with Crippen LogP contribution in [-0.2, 0) is 6.42 Å². The van der Waals surface area contributed by atoms with Crippen LogP contribution in [0.5, 0.6) is 5.75 Å². The monoisotopic (exact) mass is 259 g/mol. The maximum Gasteiger partial charge on any atom is 0.179 e. The van der Waals surface area contributed by atoms with Crippen molar-refractivity contribution in [2.24, 2.45) is 0 Å². The Morgan fingerprint density at radius 3 is 2.67 bits per heavy atom. The van der Waals surface area contributed by atoms with Gasteiger partial charge >= 0.3 is 0 Å². The standard InChI is InChI=1S/C13H10ClN3O/c14-11-2-1-7-17-12(15-16-13(11)17)8-9-3-5-10(18)6-4-9/h1-7,18H,8H2. The Hall–Kier alpha value is -2.07. The molecule has 0 radical (unpaired) electrons. The van der Waals surface area contributed by atoms with Crippen LogP contribution in [0.1, 0.15) is 11.4 Å². The number of phenols is 1. The van der Waals surface area contributed by atoms with Crippen molar-refractivity contribution in [3.8, 4) is 5.75 Å². The molecule has 18 heavy (non-hydrogen) atoms. The fourth-order valence-electron chi connectivity index (χ4n) is 1.85. The predicted molar refractivity (Wildman–Crippen MR) is 68.9 cm³/mol. The van der Waals surface area contributed by atoms with E-state index in [4.69, 9.17) is 11.6 Å². The van der Waals surface area contributed by atoms with E-state index < -0.39 is 0 Å². The molecule has 1 N–H and O–H groups in total. The molecule has 0 spiro atoms. The molecule has 3 rings (SSSR count). The third kappa shape index (κ3) is 1.91. The van der Waals surface area contributed by atoms with Gasteiger partial charge < -0.3 is 5.11 Å². The molecular formula is C13H10ClN3O. The van der Waals surface area contributed by atoms with Crippen LogP contribution in [0, 0.1) is 0 Å². The number of hydrogen-bond donors (Lipinski definition) is 1. The molecule has 0 aliphatic rings. The highest BCUT2D eigenvalue weighted by Crippen LogP contribution is 2.18. The second-order valence-corrected chi connectivity index (χ2v) is 4.42. The predicted octanol–water partition coefficient (Wildman–Crippen LogP) is 2.68. The van der Waals surface area contributed by atoms with Crippen molar-refractivity contribution in [3.05, 3.63) is 59.0 Å². The fourth-order valence-corrected chi connectivity index (χ4v) is 2.05. The van der Waals surface area contributed by atoms with Crippen LogP contribution in [0.2, 0.25) is 5.02 Å². The third-order valence-corrected chi connectivity index (χ3v) is 3.05. The lowest BCUT2D eigenvalue weighted by atomic mass is 10.1. The summed E-state index contributed by atoms with van der Waals surface area (Å²) in [6.45, 7) is 0. The van der Waals surface area contributed by atoms with Gasteiger partial charge in [0.05, 0.1) is 5.02 Å². The van der Waals surface area contributed by atoms with Gasteiger partial charge in [0, 0.05) is 12.6 Å². The Labute approximate surface area is 108 Å². The number of pyridine rings is 1. The largest absolute Gasteiger partial charge is 0.508 e. The Bertz CT molecular complexity index is 691. The summed E-state index contributed by atoms with van der Waals surface area (Å²) < 4.78 is 1.87. The van der Waals surface area contributed by atoms with Gasteiger partial charge in [-0.3, -0.25) is 4.40 Å². The van der Waals surface area contributed by atoms with Gasteiger partial charge in [0.1, 0.15) is 11.6 Å². The van der Waals surface area contributed by atoms with Gasteiger partial charge in [-0.25, -0.2) is 0 Å². The minimum atomic E-state index is 0.257. The SMILES string of the molecule is Oc1ccc(Cc2nnc3c(Cl)cccn23)cc1. The first kappa shape index (κ1) is 11.0. The average molecular weight is 260 g/mol. The molecule has 4 nitrogen and oxygen atoms in total. The number of hydrogen-bond acceptors (Lipinski definition) is 3. The van der Waals surface area contributed by atoms with Gasteiger partial charge in [-0.15, -0.1) is 10.2 Å². The smallest absolute Gasteiger partial charge is 0.179 e. The minimum absolute atomic E-state index is 0.257. The van der Waals surface area contributed by atoms with E-state index in [1.165, 1.54) is 0 Å². The van der Waals surface area contributed by atoms with E-state index in [9.17, 15) is 5.11 Å². The minimum Gasteiger partial charge on any atom is -0.508 e.